The fourth-order valence-electron chi connectivity index (χ4n) is 3.27. The van der Waals surface area contributed by atoms with Crippen molar-refractivity contribution in [3.8, 4) is 11.4 Å². The Morgan fingerprint density at radius 1 is 1.00 bits per heavy atom. The molecule has 0 atom stereocenters. The molecule has 1 aliphatic rings. The van der Waals surface area contributed by atoms with Crippen molar-refractivity contribution in [2.24, 2.45) is 11.5 Å². The molecule has 0 spiro atoms. The largest absolute Gasteiger partial charge is 0.366 e. The highest BCUT2D eigenvalue weighted by atomic mass is 16.2. The number of carbonyl (C=O) groups excluding carboxylic acids is 3. The molecule has 1 aromatic heterocycles. The molecule has 4 N–H and O–H groups in total. The second kappa shape index (κ2) is 6.83. The number of rotatable bonds is 4. The summed E-state index contributed by atoms with van der Waals surface area (Å²) in [6, 6.07) is 13.8. The van der Waals surface area contributed by atoms with E-state index < -0.39 is 11.8 Å². The number of primary amides is 2. The number of amides is 3. The number of hydrogen-bond acceptors (Lipinski definition) is 5. The summed E-state index contributed by atoms with van der Waals surface area (Å²) < 4.78 is 0. The first-order valence-corrected chi connectivity index (χ1v) is 8.85. The highest BCUT2D eigenvalue weighted by molar-refractivity contribution is 6.10. The lowest BCUT2D eigenvalue weighted by atomic mass is 10.1. The van der Waals surface area contributed by atoms with Crippen LogP contribution in [0.2, 0.25) is 0 Å². The van der Waals surface area contributed by atoms with Crippen molar-refractivity contribution in [1.82, 2.24) is 9.97 Å². The molecule has 8 heteroatoms. The van der Waals surface area contributed by atoms with Gasteiger partial charge >= 0.3 is 0 Å². The van der Waals surface area contributed by atoms with Gasteiger partial charge in [0.1, 0.15) is 11.5 Å². The van der Waals surface area contributed by atoms with Crippen molar-refractivity contribution in [1.29, 1.82) is 0 Å². The van der Waals surface area contributed by atoms with Gasteiger partial charge in [0.2, 0.25) is 11.8 Å². The summed E-state index contributed by atoms with van der Waals surface area (Å²) in [7, 11) is 0. The van der Waals surface area contributed by atoms with Crippen LogP contribution in [0, 0.1) is 6.92 Å². The minimum atomic E-state index is -0.738. The molecule has 1 aliphatic heterocycles. The maximum atomic E-state index is 12.8. The molecule has 3 aromatic rings. The van der Waals surface area contributed by atoms with Crippen LogP contribution in [0.5, 0.6) is 0 Å². The molecule has 2 heterocycles. The van der Waals surface area contributed by atoms with Crippen molar-refractivity contribution in [2.45, 2.75) is 13.3 Å². The SMILES string of the molecule is Cc1ccc(-c2nc(C(N)=O)c3c(n2)N(c2cccc(C(N)=O)c2)C(=O)C3)cc1. The van der Waals surface area contributed by atoms with Gasteiger partial charge in [-0.2, -0.15) is 0 Å². The zero-order chi connectivity index (χ0) is 20.7. The van der Waals surface area contributed by atoms with E-state index >= 15 is 0 Å². The van der Waals surface area contributed by atoms with Crippen molar-refractivity contribution in [3.63, 3.8) is 0 Å². The summed E-state index contributed by atoms with van der Waals surface area (Å²) in [5.74, 6) is -1.10. The average Bonchev–Trinajstić information content (AvgIpc) is 3.03. The number of nitrogens with zero attached hydrogens (tertiary/aromatic N) is 3. The third-order valence-electron chi connectivity index (χ3n) is 4.71. The number of aromatic nitrogens is 2. The molecule has 144 valence electrons. The molecule has 3 amide bonds. The predicted molar refractivity (Wildman–Crippen MR) is 107 cm³/mol. The maximum Gasteiger partial charge on any atom is 0.267 e. The topological polar surface area (TPSA) is 132 Å². The molecular formula is C21H17N5O3. The second-order valence-corrected chi connectivity index (χ2v) is 6.75. The van der Waals surface area contributed by atoms with Crippen molar-refractivity contribution >= 4 is 29.2 Å². The smallest absolute Gasteiger partial charge is 0.267 e. The molecule has 0 fully saturated rings. The van der Waals surface area contributed by atoms with Crippen LogP contribution in [0.4, 0.5) is 11.5 Å². The van der Waals surface area contributed by atoms with Crippen molar-refractivity contribution in [3.05, 3.63) is 70.9 Å². The Morgan fingerprint density at radius 2 is 1.72 bits per heavy atom. The zero-order valence-corrected chi connectivity index (χ0v) is 15.5. The highest BCUT2D eigenvalue weighted by Crippen LogP contribution is 2.37. The Kier molecular flexibility index (Phi) is 4.31. The minimum absolute atomic E-state index is 0.00693. The molecule has 0 saturated heterocycles. The van der Waals surface area contributed by atoms with Crippen LogP contribution in [0.25, 0.3) is 11.4 Å². The summed E-state index contributed by atoms with van der Waals surface area (Å²) in [6.07, 6.45) is -0.0669. The summed E-state index contributed by atoms with van der Waals surface area (Å²) in [5, 5.41) is 0. The van der Waals surface area contributed by atoms with Gasteiger partial charge in [-0.15, -0.1) is 0 Å². The summed E-state index contributed by atoms with van der Waals surface area (Å²) in [6.45, 7) is 1.95. The normalized spacial score (nSPS) is 12.7. The minimum Gasteiger partial charge on any atom is -0.366 e. The number of fused-ring (bicyclic) bond motifs is 1. The van der Waals surface area contributed by atoms with Crippen LogP contribution in [0.1, 0.15) is 32.0 Å². The first-order valence-electron chi connectivity index (χ1n) is 8.85. The highest BCUT2D eigenvalue weighted by Gasteiger charge is 2.35. The second-order valence-electron chi connectivity index (χ2n) is 6.75. The first-order chi connectivity index (χ1) is 13.8. The van der Waals surface area contributed by atoms with Crippen LogP contribution in [-0.4, -0.2) is 27.7 Å². The van der Waals surface area contributed by atoms with Gasteiger partial charge in [-0.25, -0.2) is 9.97 Å². The Bertz CT molecular complexity index is 1170. The average molecular weight is 387 g/mol. The number of nitrogens with two attached hydrogens (primary N) is 2. The van der Waals surface area contributed by atoms with Gasteiger partial charge in [-0.05, 0) is 25.1 Å². The standard InChI is InChI=1S/C21H17N5O3/c1-11-5-7-12(8-6-11)20-24-17(19(23)29)15-10-16(27)26(21(15)25-20)14-4-2-3-13(9-14)18(22)28/h2-9H,10H2,1H3,(H2,22,28)(H2,23,29). The molecular weight excluding hydrogens is 370 g/mol. The first kappa shape index (κ1) is 18.3. The monoisotopic (exact) mass is 387 g/mol. The van der Waals surface area contributed by atoms with Crippen LogP contribution >= 0.6 is 0 Å². The van der Waals surface area contributed by atoms with Crippen LogP contribution in [-0.2, 0) is 11.2 Å². The van der Waals surface area contributed by atoms with E-state index in [0.29, 0.717) is 16.8 Å². The Labute approximate surface area is 166 Å². The fourth-order valence-corrected chi connectivity index (χ4v) is 3.27. The van der Waals surface area contributed by atoms with Crippen LogP contribution in [0.15, 0.2) is 48.5 Å². The number of hydrogen-bond donors (Lipinski definition) is 2. The lowest BCUT2D eigenvalue weighted by Gasteiger charge is -2.18. The molecule has 0 radical (unpaired) electrons. The van der Waals surface area contributed by atoms with E-state index in [2.05, 4.69) is 9.97 Å². The molecule has 4 rings (SSSR count). The predicted octanol–water partition coefficient (Wildman–Crippen LogP) is 1.87. The number of aryl methyl sites for hydroxylation is 1. The molecule has 0 unspecified atom stereocenters. The van der Waals surface area contributed by atoms with E-state index in [1.54, 1.807) is 18.2 Å². The van der Waals surface area contributed by atoms with Crippen LogP contribution < -0.4 is 16.4 Å². The van der Waals surface area contributed by atoms with Gasteiger partial charge in [-0.1, -0.05) is 35.9 Å². The van der Waals surface area contributed by atoms with E-state index in [1.807, 2.05) is 31.2 Å². The van der Waals surface area contributed by atoms with Crippen molar-refractivity contribution < 1.29 is 14.4 Å². The molecule has 29 heavy (non-hydrogen) atoms. The lowest BCUT2D eigenvalue weighted by Crippen LogP contribution is -2.22. The summed E-state index contributed by atoms with van der Waals surface area (Å²) in [5.41, 5.74) is 13.7. The van der Waals surface area contributed by atoms with Crippen LogP contribution in [0.3, 0.4) is 0 Å². The summed E-state index contributed by atoms with van der Waals surface area (Å²) in [4.78, 5) is 46.6. The zero-order valence-electron chi connectivity index (χ0n) is 15.5. The fraction of sp³-hybridized carbons (Fsp3) is 0.0952. The molecule has 0 aliphatic carbocycles. The molecule has 0 bridgehead atoms. The number of benzene rings is 2. The maximum absolute atomic E-state index is 12.8. The van der Waals surface area contributed by atoms with Gasteiger partial charge in [-0.3, -0.25) is 19.3 Å². The van der Waals surface area contributed by atoms with Gasteiger partial charge in [0, 0.05) is 16.7 Å². The third-order valence-corrected chi connectivity index (χ3v) is 4.71. The lowest BCUT2D eigenvalue weighted by molar-refractivity contribution is -0.116. The van der Waals surface area contributed by atoms with E-state index in [1.165, 1.54) is 11.0 Å². The van der Waals surface area contributed by atoms with E-state index in [9.17, 15) is 14.4 Å². The van der Waals surface area contributed by atoms with Crippen molar-refractivity contribution in [2.75, 3.05) is 4.90 Å². The quantitative estimate of drug-likeness (QED) is 0.705. The third kappa shape index (κ3) is 3.20. The Balaban J connectivity index is 1.91. The molecule has 8 nitrogen and oxygen atoms in total. The molecule has 2 aromatic carbocycles. The van der Waals surface area contributed by atoms with E-state index in [-0.39, 0.29) is 35.2 Å². The van der Waals surface area contributed by atoms with Gasteiger partial charge in [0.05, 0.1) is 12.1 Å². The number of anilines is 2. The Hall–Kier alpha value is -4.07. The van der Waals surface area contributed by atoms with Gasteiger partial charge in [0.25, 0.3) is 5.91 Å². The van der Waals surface area contributed by atoms with Gasteiger partial charge < -0.3 is 11.5 Å². The Morgan fingerprint density at radius 3 is 2.38 bits per heavy atom. The van der Waals surface area contributed by atoms with Gasteiger partial charge in [0.15, 0.2) is 5.82 Å². The summed E-state index contributed by atoms with van der Waals surface area (Å²) >= 11 is 0. The molecule has 0 saturated carbocycles. The van der Waals surface area contributed by atoms with E-state index in [0.717, 1.165) is 5.56 Å². The van der Waals surface area contributed by atoms with E-state index in [4.69, 9.17) is 11.5 Å². The number of carbonyl (C=O) groups is 3.